The van der Waals surface area contributed by atoms with Gasteiger partial charge in [-0.25, -0.2) is 0 Å². The van der Waals surface area contributed by atoms with Gasteiger partial charge in [-0.3, -0.25) is 0 Å². The van der Waals surface area contributed by atoms with Crippen molar-refractivity contribution < 1.29 is 0 Å². The van der Waals surface area contributed by atoms with Gasteiger partial charge in [0.25, 0.3) is 0 Å². The Morgan fingerprint density at radius 1 is 1.22 bits per heavy atom. The summed E-state index contributed by atoms with van der Waals surface area (Å²) in [4.78, 5) is 0. The molecule has 0 amide bonds. The monoisotopic (exact) mass is 116 g/mol. The number of hydrogen-bond acceptors (Lipinski definition) is 0. The molecule has 1 heterocycles. The van der Waals surface area contributed by atoms with Crippen LogP contribution in [0.1, 0.15) is 17.5 Å². The summed E-state index contributed by atoms with van der Waals surface area (Å²) in [6, 6.07) is 2.24. The van der Waals surface area contributed by atoms with Crippen LogP contribution in [-0.4, -0.2) is 6.91 Å². The summed E-state index contributed by atoms with van der Waals surface area (Å²) in [5.74, 6) is 4.37. The van der Waals surface area contributed by atoms with E-state index in [-0.39, 0.29) is 0 Å². The average molecular weight is 116 g/mol. The Balaban J connectivity index is 2.54. The van der Waals surface area contributed by atoms with E-state index < -0.39 is 0 Å². The Hall–Kier alpha value is -0.585. The zero-order valence-electron chi connectivity index (χ0n) is 5.43. The topological polar surface area (TPSA) is 0 Å². The Morgan fingerprint density at radius 2 is 2.11 bits per heavy atom. The molecule has 0 radical (unpaired) electrons. The third-order valence-corrected chi connectivity index (χ3v) is 2.01. The maximum absolute atomic E-state index is 2.24. The molecule has 1 aliphatic rings. The number of hydrogen-bond donors (Lipinski definition) is 0. The molecule has 0 atom stereocenters. The molecule has 1 aromatic rings. The van der Waals surface area contributed by atoms with Crippen LogP contribution in [-0.2, 0) is 12.8 Å². The first kappa shape index (κ1) is 5.22. The Labute approximate surface area is 56.1 Å². The molecular weight excluding hydrogens is 107 g/mol. The molecule has 0 saturated carbocycles. The van der Waals surface area contributed by atoms with Crippen molar-refractivity contribution in [2.24, 2.45) is 0 Å². The van der Waals surface area contributed by atoms with Crippen molar-refractivity contribution in [3.05, 3.63) is 29.1 Å². The molecule has 44 valence electrons. The standard InChI is InChI=1S/C8H9B/c1-2-7-4-5-9-6-8(7)3-1/h4-6H,1-3H2. The first-order chi connectivity index (χ1) is 4.47. The summed E-state index contributed by atoms with van der Waals surface area (Å²) in [7, 11) is 0. The Kier molecular flexibility index (Phi) is 1.15. The van der Waals surface area contributed by atoms with Crippen molar-refractivity contribution in [3.63, 3.8) is 0 Å². The van der Waals surface area contributed by atoms with Crippen LogP contribution in [0.15, 0.2) is 18.0 Å². The normalized spacial score (nSPS) is 15.1. The number of aryl methyl sites for hydroxylation is 2. The van der Waals surface area contributed by atoms with Gasteiger partial charge in [0.2, 0.25) is 0 Å². The van der Waals surface area contributed by atoms with Crippen LogP contribution in [0.4, 0.5) is 0 Å². The summed E-state index contributed by atoms with van der Waals surface area (Å²) in [5, 5.41) is 0. The van der Waals surface area contributed by atoms with Crippen LogP contribution < -0.4 is 0 Å². The molecule has 2 rings (SSSR count). The van der Waals surface area contributed by atoms with E-state index >= 15 is 0 Å². The second-order valence-electron chi connectivity index (χ2n) is 2.62. The van der Waals surface area contributed by atoms with E-state index in [2.05, 4.69) is 24.9 Å². The quantitative estimate of drug-likeness (QED) is 0.481. The van der Waals surface area contributed by atoms with E-state index in [1.807, 2.05) is 0 Å². The van der Waals surface area contributed by atoms with Gasteiger partial charge in [-0.1, -0.05) is 0 Å². The zero-order valence-corrected chi connectivity index (χ0v) is 5.43. The molecule has 0 unspecified atom stereocenters. The van der Waals surface area contributed by atoms with Gasteiger partial charge in [0.1, 0.15) is 0 Å². The maximum atomic E-state index is 2.24. The van der Waals surface area contributed by atoms with Crippen LogP contribution in [0, 0.1) is 0 Å². The summed E-state index contributed by atoms with van der Waals surface area (Å²) in [6.45, 7) is 2.13. The summed E-state index contributed by atoms with van der Waals surface area (Å²) >= 11 is 0. The van der Waals surface area contributed by atoms with Gasteiger partial charge in [-0.15, -0.1) is 0 Å². The van der Waals surface area contributed by atoms with Crippen LogP contribution in [0.25, 0.3) is 0 Å². The second kappa shape index (κ2) is 1.98. The first-order valence-electron chi connectivity index (χ1n) is 3.53. The molecule has 1 aromatic heterocycles. The minimum atomic E-state index is 1.30. The molecule has 1 heteroatoms. The van der Waals surface area contributed by atoms with Gasteiger partial charge in [0.05, 0.1) is 0 Å². The first-order valence-corrected chi connectivity index (χ1v) is 3.53. The van der Waals surface area contributed by atoms with Crippen molar-refractivity contribution in [2.75, 3.05) is 0 Å². The molecule has 0 N–H and O–H groups in total. The van der Waals surface area contributed by atoms with Gasteiger partial charge in [0, 0.05) is 0 Å². The van der Waals surface area contributed by atoms with Gasteiger partial charge in [0.15, 0.2) is 0 Å². The Morgan fingerprint density at radius 3 is 3.00 bits per heavy atom. The van der Waals surface area contributed by atoms with Crippen molar-refractivity contribution >= 4 is 6.91 Å². The number of rotatable bonds is 0. The molecule has 0 nitrogen and oxygen atoms in total. The SMILES string of the molecule is b1ccc2c(c1)CCC2. The van der Waals surface area contributed by atoms with Crippen molar-refractivity contribution in [1.82, 2.24) is 0 Å². The fourth-order valence-corrected chi connectivity index (χ4v) is 1.51. The second-order valence-corrected chi connectivity index (χ2v) is 2.62. The van der Waals surface area contributed by atoms with Crippen LogP contribution in [0.5, 0.6) is 0 Å². The fourth-order valence-electron chi connectivity index (χ4n) is 1.51. The Bertz CT molecular complexity index is 195. The van der Waals surface area contributed by atoms with Crippen molar-refractivity contribution in [1.29, 1.82) is 0 Å². The van der Waals surface area contributed by atoms with Crippen molar-refractivity contribution in [2.45, 2.75) is 19.3 Å². The molecular formula is C8H9B. The molecule has 0 fully saturated rings. The van der Waals surface area contributed by atoms with Gasteiger partial charge < -0.3 is 0 Å². The summed E-state index contributed by atoms with van der Waals surface area (Å²) in [5.41, 5.74) is 3.13. The van der Waals surface area contributed by atoms with Gasteiger partial charge in [-0.2, -0.15) is 0 Å². The van der Waals surface area contributed by atoms with E-state index in [1.165, 1.54) is 19.3 Å². The molecule has 0 aromatic carbocycles. The van der Waals surface area contributed by atoms with Crippen LogP contribution in [0.2, 0.25) is 0 Å². The minimum absolute atomic E-state index is 1.30. The predicted octanol–water partition coefficient (Wildman–Crippen LogP) is 1.51. The van der Waals surface area contributed by atoms with Crippen molar-refractivity contribution in [3.8, 4) is 0 Å². The summed E-state index contributed by atoms with van der Waals surface area (Å²) in [6.07, 6.45) is 3.96. The van der Waals surface area contributed by atoms with E-state index in [4.69, 9.17) is 0 Å². The molecule has 0 bridgehead atoms. The molecule has 0 spiro atoms. The fraction of sp³-hybridized carbons (Fsp3) is 0.375. The van der Waals surface area contributed by atoms with Gasteiger partial charge in [-0.05, 0) is 0 Å². The average Bonchev–Trinajstić information content (AvgIpc) is 2.33. The molecule has 9 heavy (non-hydrogen) atoms. The van der Waals surface area contributed by atoms with E-state index in [9.17, 15) is 0 Å². The zero-order chi connectivity index (χ0) is 6.10. The van der Waals surface area contributed by atoms with Crippen LogP contribution >= 0.6 is 0 Å². The predicted molar refractivity (Wildman–Crippen MR) is 39.8 cm³/mol. The summed E-state index contributed by atoms with van der Waals surface area (Å²) < 4.78 is 0. The molecule has 0 saturated heterocycles. The van der Waals surface area contributed by atoms with E-state index in [0.29, 0.717) is 0 Å². The number of fused-ring (bicyclic) bond motifs is 1. The van der Waals surface area contributed by atoms with Gasteiger partial charge >= 0.3 is 55.3 Å². The third kappa shape index (κ3) is 0.807. The van der Waals surface area contributed by atoms with Crippen LogP contribution in [0.3, 0.4) is 0 Å². The third-order valence-electron chi connectivity index (χ3n) is 2.01. The molecule has 0 aliphatic heterocycles. The van der Waals surface area contributed by atoms with E-state index in [1.54, 1.807) is 11.1 Å². The van der Waals surface area contributed by atoms with E-state index in [0.717, 1.165) is 0 Å². The molecule has 1 aliphatic carbocycles.